The molecule has 1 nitrogen and oxygen atoms in total. The quantitative estimate of drug-likeness (QED) is 0.741. The van der Waals surface area contributed by atoms with E-state index in [2.05, 4.69) is 6.58 Å². The summed E-state index contributed by atoms with van der Waals surface area (Å²) in [5, 5.41) is 0. The molecule has 1 aromatic carbocycles. The summed E-state index contributed by atoms with van der Waals surface area (Å²) < 4.78 is 12.1. The van der Waals surface area contributed by atoms with Gasteiger partial charge in [0.05, 0.1) is 20.6 Å². The third-order valence-electron chi connectivity index (χ3n) is 2.36. The lowest BCUT2D eigenvalue weighted by Gasteiger charge is -1.97. The SMILES string of the molecule is C=CC1=C(/C=C\C)c2ccccc2S1=O. The minimum Gasteiger partial charge on any atom is -0.249 e. The average molecular weight is 216 g/mol. The highest BCUT2D eigenvalue weighted by atomic mass is 32.2. The first-order valence-electron chi connectivity index (χ1n) is 4.80. The molecule has 0 radical (unpaired) electrons. The molecule has 1 aromatic rings. The topological polar surface area (TPSA) is 17.1 Å². The zero-order valence-electron chi connectivity index (χ0n) is 8.57. The lowest BCUT2D eigenvalue weighted by Crippen LogP contribution is -1.86. The minimum atomic E-state index is -1.06. The predicted octanol–water partition coefficient (Wildman–Crippen LogP) is 3.28. The molecule has 1 aliphatic heterocycles. The maximum atomic E-state index is 12.1. The van der Waals surface area contributed by atoms with Gasteiger partial charge in [-0.25, -0.2) is 4.21 Å². The number of fused-ring (bicyclic) bond motifs is 1. The molecule has 0 fully saturated rings. The van der Waals surface area contributed by atoms with E-state index in [-0.39, 0.29) is 0 Å². The maximum absolute atomic E-state index is 12.1. The number of allylic oxidation sites excluding steroid dienone is 4. The number of rotatable bonds is 2. The van der Waals surface area contributed by atoms with Gasteiger partial charge >= 0.3 is 0 Å². The minimum absolute atomic E-state index is 0.814. The Balaban J connectivity index is 2.70. The van der Waals surface area contributed by atoms with Gasteiger partial charge in [0.1, 0.15) is 0 Å². The summed E-state index contributed by atoms with van der Waals surface area (Å²) >= 11 is 0. The largest absolute Gasteiger partial charge is 0.249 e. The van der Waals surface area contributed by atoms with Crippen LogP contribution in [0.2, 0.25) is 0 Å². The van der Waals surface area contributed by atoms with E-state index in [9.17, 15) is 4.21 Å². The maximum Gasteiger partial charge on any atom is 0.0862 e. The predicted molar refractivity (Wildman–Crippen MR) is 64.8 cm³/mol. The molecule has 0 N–H and O–H groups in total. The first-order chi connectivity index (χ1) is 7.29. The molecule has 1 atom stereocenters. The van der Waals surface area contributed by atoms with Gasteiger partial charge in [0.25, 0.3) is 0 Å². The van der Waals surface area contributed by atoms with Gasteiger partial charge in [-0.15, -0.1) is 0 Å². The highest BCUT2D eigenvalue weighted by Gasteiger charge is 2.24. The van der Waals surface area contributed by atoms with Crippen molar-refractivity contribution < 1.29 is 4.21 Å². The van der Waals surface area contributed by atoms with E-state index < -0.39 is 10.8 Å². The fraction of sp³-hybridized carbons (Fsp3) is 0.0769. The van der Waals surface area contributed by atoms with Crippen LogP contribution in [0, 0.1) is 0 Å². The summed E-state index contributed by atoms with van der Waals surface area (Å²) in [5.41, 5.74) is 2.09. The number of hydrogen-bond donors (Lipinski definition) is 0. The molecular formula is C13H12OS. The Hall–Kier alpha value is -1.41. The van der Waals surface area contributed by atoms with Gasteiger partial charge in [0, 0.05) is 0 Å². The van der Waals surface area contributed by atoms with Crippen LogP contribution < -0.4 is 0 Å². The van der Waals surface area contributed by atoms with Gasteiger partial charge in [-0.3, -0.25) is 0 Å². The second kappa shape index (κ2) is 3.99. The van der Waals surface area contributed by atoms with Crippen molar-refractivity contribution >= 4 is 16.4 Å². The van der Waals surface area contributed by atoms with Crippen molar-refractivity contribution in [1.29, 1.82) is 0 Å². The van der Waals surface area contributed by atoms with Crippen LogP contribution in [0.1, 0.15) is 12.5 Å². The Morgan fingerprint density at radius 3 is 2.73 bits per heavy atom. The van der Waals surface area contributed by atoms with E-state index in [0.717, 1.165) is 20.9 Å². The normalized spacial score (nSPS) is 19.7. The average Bonchev–Trinajstić information content (AvgIpc) is 2.54. The fourth-order valence-corrected chi connectivity index (χ4v) is 3.07. The van der Waals surface area contributed by atoms with E-state index in [1.54, 1.807) is 6.08 Å². The molecule has 0 amide bonds. The third kappa shape index (κ3) is 1.51. The molecular weight excluding hydrogens is 204 g/mol. The molecule has 76 valence electrons. The van der Waals surface area contributed by atoms with Gasteiger partial charge in [-0.1, -0.05) is 43.0 Å². The summed E-state index contributed by atoms with van der Waals surface area (Å²) in [6.07, 6.45) is 5.63. The highest BCUT2D eigenvalue weighted by Crippen LogP contribution is 2.37. The molecule has 0 aliphatic carbocycles. The summed E-state index contributed by atoms with van der Waals surface area (Å²) in [6.45, 7) is 5.68. The lowest BCUT2D eigenvalue weighted by molar-refractivity contribution is 0.688. The van der Waals surface area contributed by atoms with Gasteiger partial charge in [-0.05, 0) is 24.1 Å². The van der Waals surface area contributed by atoms with Crippen molar-refractivity contribution in [2.75, 3.05) is 0 Å². The molecule has 1 aliphatic rings. The molecule has 15 heavy (non-hydrogen) atoms. The van der Waals surface area contributed by atoms with Crippen LogP contribution in [0.3, 0.4) is 0 Å². The van der Waals surface area contributed by atoms with Crippen molar-refractivity contribution in [2.45, 2.75) is 11.8 Å². The summed E-state index contributed by atoms with van der Waals surface area (Å²) in [5.74, 6) is 0. The monoisotopic (exact) mass is 216 g/mol. The summed E-state index contributed by atoms with van der Waals surface area (Å²) in [7, 11) is -1.06. The van der Waals surface area contributed by atoms with Gasteiger partial charge in [0.2, 0.25) is 0 Å². The van der Waals surface area contributed by atoms with E-state index >= 15 is 0 Å². The third-order valence-corrected chi connectivity index (χ3v) is 3.90. The Morgan fingerprint density at radius 2 is 2.07 bits per heavy atom. The molecule has 2 rings (SSSR count). The van der Waals surface area contributed by atoms with E-state index in [0.29, 0.717) is 0 Å². The number of hydrogen-bond acceptors (Lipinski definition) is 1. The van der Waals surface area contributed by atoms with E-state index in [4.69, 9.17) is 0 Å². The zero-order chi connectivity index (χ0) is 10.8. The molecule has 1 heterocycles. The molecule has 0 saturated carbocycles. The summed E-state index contributed by atoms with van der Waals surface area (Å²) in [4.78, 5) is 1.70. The van der Waals surface area contributed by atoms with E-state index in [1.807, 2.05) is 43.3 Å². The molecule has 0 saturated heterocycles. The Morgan fingerprint density at radius 1 is 1.33 bits per heavy atom. The Bertz CT molecular complexity index is 495. The van der Waals surface area contributed by atoms with Crippen LogP contribution in [0.4, 0.5) is 0 Å². The molecule has 0 spiro atoms. The first kappa shape index (κ1) is 10.1. The lowest BCUT2D eigenvalue weighted by atomic mass is 10.1. The second-order valence-corrected chi connectivity index (χ2v) is 4.66. The van der Waals surface area contributed by atoms with Crippen LogP contribution in [-0.4, -0.2) is 4.21 Å². The van der Waals surface area contributed by atoms with Crippen LogP contribution in [0.5, 0.6) is 0 Å². The molecule has 1 unspecified atom stereocenters. The van der Waals surface area contributed by atoms with Gasteiger partial charge < -0.3 is 0 Å². The molecule has 0 bridgehead atoms. The highest BCUT2D eigenvalue weighted by molar-refractivity contribution is 7.90. The Labute approximate surface area is 92.3 Å². The first-order valence-corrected chi connectivity index (χ1v) is 5.95. The fourth-order valence-electron chi connectivity index (χ4n) is 1.73. The smallest absolute Gasteiger partial charge is 0.0862 e. The standard InChI is InChI=1S/C13H12OS/c1-3-7-10-11-8-5-6-9-13(11)15(14)12(10)4-2/h3-9H,2H2,1H3/b7-3-. The van der Waals surface area contributed by atoms with Crippen LogP contribution >= 0.6 is 0 Å². The van der Waals surface area contributed by atoms with Crippen molar-refractivity contribution in [2.24, 2.45) is 0 Å². The van der Waals surface area contributed by atoms with Crippen LogP contribution in [0.25, 0.3) is 5.57 Å². The molecule has 2 heteroatoms. The van der Waals surface area contributed by atoms with Crippen molar-refractivity contribution in [3.05, 3.63) is 59.5 Å². The van der Waals surface area contributed by atoms with E-state index in [1.165, 1.54) is 0 Å². The molecule has 0 aromatic heterocycles. The number of benzene rings is 1. The zero-order valence-corrected chi connectivity index (χ0v) is 9.38. The van der Waals surface area contributed by atoms with Crippen LogP contribution in [-0.2, 0) is 10.8 Å². The summed E-state index contributed by atoms with van der Waals surface area (Å²) in [6, 6.07) is 7.78. The van der Waals surface area contributed by atoms with Gasteiger partial charge in [0.15, 0.2) is 0 Å². The van der Waals surface area contributed by atoms with Crippen molar-refractivity contribution in [1.82, 2.24) is 0 Å². The van der Waals surface area contributed by atoms with Gasteiger partial charge in [-0.2, -0.15) is 0 Å². The van der Waals surface area contributed by atoms with Crippen LogP contribution in [0.15, 0.2) is 58.9 Å². The van der Waals surface area contributed by atoms with Crippen molar-refractivity contribution in [3.63, 3.8) is 0 Å². The Kier molecular flexibility index (Phi) is 2.69. The van der Waals surface area contributed by atoms with Crippen molar-refractivity contribution in [3.8, 4) is 0 Å². The second-order valence-electron chi connectivity index (χ2n) is 3.25.